The van der Waals surface area contributed by atoms with Crippen molar-refractivity contribution < 1.29 is 4.79 Å². The summed E-state index contributed by atoms with van der Waals surface area (Å²) in [5.74, 6) is 3.36. The number of carbonyl (C=O) groups is 1. The molecule has 0 aromatic rings. The number of carbonyl (C=O) groups excluding carboxylic acids is 1. The number of rotatable bonds is 3. The molecule has 3 heteroatoms. The van der Waals surface area contributed by atoms with Crippen molar-refractivity contribution in [3.05, 3.63) is 0 Å². The summed E-state index contributed by atoms with van der Waals surface area (Å²) < 4.78 is 0. The van der Waals surface area contributed by atoms with Crippen LogP contribution >= 0.6 is 0 Å². The Kier molecular flexibility index (Phi) is 2.66. The van der Waals surface area contributed by atoms with Gasteiger partial charge in [0.05, 0.1) is 5.92 Å². The number of amides is 1. The third kappa shape index (κ3) is 1.75. The van der Waals surface area contributed by atoms with Gasteiger partial charge in [0.25, 0.3) is 0 Å². The number of nitrogens with one attached hydrogen (secondary N) is 1. The number of nitrogens with zero attached hydrogens (tertiary/aromatic N) is 1. The van der Waals surface area contributed by atoms with E-state index in [1.807, 2.05) is 11.9 Å². The van der Waals surface area contributed by atoms with Gasteiger partial charge in [0.15, 0.2) is 0 Å². The zero-order chi connectivity index (χ0) is 11.1. The summed E-state index contributed by atoms with van der Waals surface area (Å²) in [7, 11) is 1.99. The van der Waals surface area contributed by atoms with E-state index in [1.54, 1.807) is 0 Å². The molecule has 1 saturated heterocycles. The maximum atomic E-state index is 12.0. The van der Waals surface area contributed by atoms with Crippen molar-refractivity contribution in [3.63, 3.8) is 0 Å². The van der Waals surface area contributed by atoms with Crippen molar-refractivity contribution in [2.75, 3.05) is 26.7 Å². The fraction of sp³-hybridized carbons (Fsp3) is 0.923. The predicted octanol–water partition coefficient (Wildman–Crippen LogP) is 1.10. The van der Waals surface area contributed by atoms with Crippen LogP contribution in [0.25, 0.3) is 0 Å². The lowest BCUT2D eigenvalue weighted by molar-refractivity contribution is -0.136. The minimum absolute atomic E-state index is 0.267. The lowest BCUT2D eigenvalue weighted by Gasteiger charge is -2.33. The smallest absolute Gasteiger partial charge is 0.228 e. The van der Waals surface area contributed by atoms with Crippen molar-refractivity contribution >= 4 is 5.91 Å². The molecule has 0 spiro atoms. The van der Waals surface area contributed by atoms with Gasteiger partial charge in [-0.3, -0.25) is 4.79 Å². The number of hydrogen-bond donors (Lipinski definition) is 1. The molecule has 1 N–H and O–H groups in total. The highest BCUT2D eigenvalue weighted by atomic mass is 16.2. The summed E-state index contributed by atoms with van der Waals surface area (Å²) in [5, 5.41) is 3.17. The average Bonchev–Trinajstić information content (AvgIpc) is 2.76. The first-order chi connectivity index (χ1) is 7.74. The monoisotopic (exact) mass is 222 g/mol. The fourth-order valence-corrected chi connectivity index (χ4v) is 3.82. The number of fused-ring (bicyclic) bond motifs is 2. The Morgan fingerprint density at radius 3 is 2.62 bits per heavy atom. The van der Waals surface area contributed by atoms with Crippen LogP contribution in [0.3, 0.4) is 0 Å². The molecule has 1 heterocycles. The van der Waals surface area contributed by atoms with Crippen LogP contribution in [0.15, 0.2) is 0 Å². The Balaban J connectivity index is 1.52. The van der Waals surface area contributed by atoms with Crippen LogP contribution in [-0.2, 0) is 4.79 Å². The summed E-state index contributed by atoms with van der Waals surface area (Å²) in [4.78, 5) is 14.0. The maximum absolute atomic E-state index is 12.0. The first-order valence-corrected chi connectivity index (χ1v) is 6.69. The molecule has 16 heavy (non-hydrogen) atoms. The molecular formula is C13H22N2O. The molecule has 1 aliphatic heterocycles. The third-order valence-corrected chi connectivity index (χ3v) is 4.90. The van der Waals surface area contributed by atoms with E-state index in [9.17, 15) is 4.79 Å². The molecule has 2 saturated carbocycles. The van der Waals surface area contributed by atoms with Crippen molar-refractivity contribution in [3.8, 4) is 0 Å². The van der Waals surface area contributed by atoms with E-state index in [0.29, 0.717) is 5.91 Å². The molecule has 0 radical (unpaired) electrons. The van der Waals surface area contributed by atoms with Crippen molar-refractivity contribution in [2.45, 2.75) is 25.7 Å². The molecule has 3 fully saturated rings. The van der Waals surface area contributed by atoms with Gasteiger partial charge in [-0.15, -0.1) is 0 Å². The van der Waals surface area contributed by atoms with Gasteiger partial charge in [0.2, 0.25) is 5.91 Å². The second kappa shape index (κ2) is 4.02. The Bertz CT molecular complexity index is 288. The van der Waals surface area contributed by atoms with E-state index in [0.717, 1.165) is 37.4 Å². The topological polar surface area (TPSA) is 32.3 Å². The lowest BCUT2D eigenvalue weighted by Crippen LogP contribution is -2.52. The summed E-state index contributed by atoms with van der Waals surface area (Å²) in [6.45, 7) is 2.79. The molecule has 3 atom stereocenters. The van der Waals surface area contributed by atoms with Gasteiger partial charge in [0, 0.05) is 26.7 Å². The van der Waals surface area contributed by atoms with Gasteiger partial charge in [-0.25, -0.2) is 0 Å². The summed E-state index contributed by atoms with van der Waals surface area (Å²) in [5.41, 5.74) is 0. The molecule has 3 unspecified atom stereocenters. The molecule has 0 aromatic heterocycles. The van der Waals surface area contributed by atoms with Crippen LogP contribution in [-0.4, -0.2) is 37.5 Å². The highest BCUT2D eigenvalue weighted by molar-refractivity contribution is 5.79. The van der Waals surface area contributed by atoms with E-state index in [2.05, 4.69) is 5.32 Å². The molecule has 2 bridgehead atoms. The molecule has 1 amide bonds. The molecule has 3 nitrogen and oxygen atoms in total. The third-order valence-electron chi connectivity index (χ3n) is 4.90. The van der Waals surface area contributed by atoms with Gasteiger partial charge in [-0.05, 0) is 37.0 Å². The Hall–Kier alpha value is -0.570. The van der Waals surface area contributed by atoms with Crippen molar-refractivity contribution in [1.82, 2.24) is 10.2 Å². The van der Waals surface area contributed by atoms with Crippen LogP contribution in [0.1, 0.15) is 25.7 Å². The largest absolute Gasteiger partial charge is 0.345 e. The van der Waals surface area contributed by atoms with Gasteiger partial charge in [-0.1, -0.05) is 6.42 Å². The Morgan fingerprint density at radius 1 is 1.31 bits per heavy atom. The maximum Gasteiger partial charge on any atom is 0.228 e. The SMILES string of the molecule is CN(CC1CC2CCC1C2)C(=O)C1CNC1. The van der Waals surface area contributed by atoms with E-state index in [1.165, 1.54) is 25.7 Å². The molecule has 3 aliphatic rings. The van der Waals surface area contributed by atoms with Crippen LogP contribution in [0.5, 0.6) is 0 Å². The minimum atomic E-state index is 0.267. The predicted molar refractivity (Wildman–Crippen MR) is 62.9 cm³/mol. The Labute approximate surface area is 97.6 Å². The molecule has 3 rings (SSSR count). The summed E-state index contributed by atoms with van der Waals surface area (Å²) in [6.07, 6.45) is 5.69. The van der Waals surface area contributed by atoms with E-state index in [-0.39, 0.29) is 5.92 Å². The quantitative estimate of drug-likeness (QED) is 0.775. The average molecular weight is 222 g/mol. The van der Waals surface area contributed by atoms with E-state index >= 15 is 0 Å². The first kappa shape index (κ1) is 10.6. The van der Waals surface area contributed by atoms with Crippen molar-refractivity contribution in [2.24, 2.45) is 23.7 Å². The minimum Gasteiger partial charge on any atom is -0.345 e. The normalized spacial score (nSPS) is 37.4. The summed E-state index contributed by atoms with van der Waals surface area (Å²) in [6, 6.07) is 0. The molecular weight excluding hydrogens is 200 g/mol. The molecule has 0 aromatic carbocycles. The second-order valence-electron chi connectivity index (χ2n) is 6.01. The van der Waals surface area contributed by atoms with E-state index < -0.39 is 0 Å². The lowest BCUT2D eigenvalue weighted by atomic mass is 9.88. The highest BCUT2D eigenvalue weighted by Crippen LogP contribution is 2.48. The zero-order valence-corrected chi connectivity index (χ0v) is 10.1. The summed E-state index contributed by atoms with van der Waals surface area (Å²) >= 11 is 0. The standard InChI is InChI=1S/C13H22N2O/c1-15(13(16)12-6-14-7-12)8-11-5-9-2-3-10(11)4-9/h9-12,14H,2-8H2,1H3. The molecule has 90 valence electrons. The highest BCUT2D eigenvalue weighted by Gasteiger charge is 2.40. The number of hydrogen-bond acceptors (Lipinski definition) is 2. The van der Waals surface area contributed by atoms with E-state index in [4.69, 9.17) is 0 Å². The van der Waals surface area contributed by atoms with Crippen LogP contribution in [0.2, 0.25) is 0 Å². The zero-order valence-electron chi connectivity index (χ0n) is 10.1. The van der Waals surface area contributed by atoms with Gasteiger partial charge >= 0.3 is 0 Å². The van der Waals surface area contributed by atoms with Crippen LogP contribution in [0.4, 0.5) is 0 Å². The van der Waals surface area contributed by atoms with Crippen LogP contribution < -0.4 is 5.32 Å². The molecule has 2 aliphatic carbocycles. The van der Waals surface area contributed by atoms with Crippen molar-refractivity contribution in [1.29, 1.82) is 0 Å². The van der Waals surface area contributed by atoms with Gasteiger partial charge in [0.1, 0.15) is 0 Å². The second-order valence-corrected chi connectivity index (χ2v) is 6.01. The Morgan fingerprint density at radius 2 is 2.12 bits per heavy atom. The van der Waals surface area contributed by atoms with Crippen LogP contribution in [0, 0.1) is 23.7 Å². The fourth-order valence-electron chi connectivity index (χ4n) is 3.82. The first-order valence-electron chi connectivity index (χ1n) is 6.69. The van der Waals surface area contributed by atoms with Gasteiger partial charge in [-0.2, -0.15) is 0 Å². The van der Waals surface area contributed by atoms with Gasteiger partial charge < -0.3 is 10.2 Å².